The quantitative estimate of drug-likeness (QED) is 0.613. The van der Waals surface area contributed by atoms with E-state index in [9.17, 15) is 23.5 Å². The Bertz CT molecular complexity index is 1140. The summed E-state index contributed by atoms with van der Waals surface area (Å²) in [4.78, 5) is 29.1. The topological polar surface area (TPSA) is 93.4 Å². The van der Waals surface area contributed by atoms with Gasteiger partial charge >= 0.3 is 0 Å². The molecule has 152 valence electrons. The molecule has 3 aromatic rings. The summed E-state index contributed by atoms with van der Waals surface area (Å²) < 4.78 is 32.6. The number of nitrogens with one attached hydrogen (secondary N) is 1. The van der Waals surface area contributed by atoms with Gasteiger partial charge in [0, 0.05) is 26.9 Å². The highest BCUT2D eigenvalue weighted by molar-refractivity contribution is 6.01. The smallest absolute Gasteiger partial charge is 0.267 e. The number of fused-ring (bicyclic) bond motifs is 1. The standard InChI is InChI=1S/C20H19F2N3O4/c1-25-15-9-12(7-11-3-4-13(21)14(22)8-11)10-24-17(15)18(26)16(20(25)28)19(27)23-5-6-29-2/h3-4,8-10,26H,5-7H2,1-2H3,(H,23,27). The molecule has 29 heavy (non-hydrogen) atoms. The fraction of sp³-hybridized carbons (Fsp3) is 0.250. The largest absolute Gasteiger partial charge is 0.505 e. The zero-order valence-corrected chi connectivity index (χ0v) is 15.8. The first-order valence-electron chi connectivity index (χ1n) is 8.75. The number of nitrogens with zero attached hydrogens (tertiary/aromatic N) is 2. The number of aryl methyl sites for hydroxylation is 1. The van der Waals surface area contributed by atoms with Crippen molar-refractivity contribution in [2.24, 2.45) is 7.05 Å². The van der Waals surface area contributed by atoms with Crippen LogP contribution < -0.4 is 10.9 Å². The molecule has 0 radical (unpaired) electrons. The molecule has 2 aromatic heterocycles. The second-order valence-corrected chi connectivity index (χ2v) is 6.47. The third kappa shape index (κ3) is 4.09. The number of amides is 1. The first-order valence-corrected chi connectivity index (χ1v) is 8.75. The summed E-state index contributed by atoms with van der Waals surface area (Å²) in [6.07, 6.45) is 1.69. The molecule has 0 atom stereocenters. The van der Waals surface area contributed by atoms with E-state index >= 15 is 0 Å². The van der Waals surface area contributed by atoms with E-state index in [1.54, 1.807) is 6.07 Å². The zero-order chi connectivity index (χ0) is 21.1. The number of aromatic hydroxyl groups is 1. The van der Waals surface area contributed by atoms with Crippen molar-refractivity contribution >= 4 is 16.9 Å². The molecular weight excluding hydrogens is 384 g/mol. The Kier molecular flexibility index (Phi) is 5.88. The van der Waals surface area contributed by atoms with Crippen molar-refractivity contribution in [3.05, 3.63) is 69.1 Å². The number of benzene rings is 1. The van der Waals surface area contributed by atoms with Gasteiger partial charge in [-0.05, 0) is 35.7 Å². The first-order chi connectivity index (χ1) is 13.8. The van der Waals surface area contributed by atoms with Crippen molar-refractivity contribution in [3.63, 3.8) is 0 Å². The van der Waals surface area contributed by atoms with Crippen molar-refractivity contribution in [2.45, 2.75) is 6.42 Å². The summed E-state index contributed by atoms with van der Waals surface area (Å²) in [6, 6.07) is 5.18. The van der Waals surface area contributed by atoms with Gasteiger partial charge in [0.15, 0.2) is 17.4 Å². The first kappa shape index (κ1) is 20.4. The summed E-state index contributed by atoms with van der Waals surface area (Å²) in [5.41, 5.74) is 0.441. The number of aromatic nitrogens is 2. The monoisotopic (exact) mass is 403 g/mol. The molecule has 0 saturated heterocycles. The fourth-order valence-electron chi connectivity index (χ4n) is 2.97. The number of pyridine rings is 2. The predicted octanol–water partition coefficient (Wildman–Crippen LogP) is 1.88. The third-order valence-corrected chi connectivity index (χ3v) is 4.48. The maximum atomic E-state index is 13.4. The van der Waals surface area contributed by atoms with Gasteiger partial charge in [-0.2, -0.15) is 0 Å². The number of ether oxygens (including phenoxy) is 1. The number of carbonyl (C=O) groups is 1. The molecule has 2 heterocycles. The van der Waals surface area contributed by atoms with E-state index < -0.39 is 34.4 Å². The summed E-state index contributed by atoms with van der Waals surface area (Å²) in [5, 5.41) is 13.0. The highest BCUT2D eigenvalue weighted by Crippen LogP contribution is 2.25. The van der Waals surface area contributed by atoms with Crippen LogP contribution in [-0.4, -0.2) is 40.8 Å². The average molecular weight is 403 g/mol. The molecule has 0 bridgehead atoms. The highest BCUT2D eigenvalue weighted by Gasteiger charge is 2.22. The lowest BCUT2D eigenvalue weighted by Gasteiger charge is -2.12. The molecular formula is C20H19F2N3O4. The number of hydrogen-bond acceptors (Lipinski definition) is 5. The van der Waals surface area contributed by atoms with E-state index in [0.29, 0.717) is 16.6 Å². The maximum absolute atomic E-state index is 13.4. The SMILES string of the molecule is COCCNC(=O)c1c(O)c2ncc(Cc3ccc(F)c(F)c3)cc2n(C)c1=O. The molecule has 0 aliphatic carbocycles. The van der Waals surface area contributed by atoms with Crippen LogP contribution in [0.5, 0.6) is 5.75 Å². The number of hydrogen-bond donors (Lipinski definition) is 2. The Labute approximate surface area is 164 Å². The lowest BCUT2D eigenvalue weighted by molar-refractivity contribution is 0.0932. The van der Waals surface area contributed by atoms with Gasteiger partial charge in [-0.1, -0.05) is 6.07 Å². The molecule has 7 nitrogen and oxygen atoms in total. The van der Waals surface area contributed by atoms with Crippen LogP contribution in [0.2, 0.25) is 0 Å². The van der Waals surface area contributed by atoms with Crippen molar-refractivity contribution in [3.8, 4) is 5.75 Å². The van der Waals surface area contributed by atoms with E-state index in [1.807, 2.05) is 0 Å². The van der Waals surface area contributed by atoms with Crippen molar-refractivity contribution in [1.29, 1.82) is 0 Å². The van der Waals surface area contributed by atoms with Gasteiger partial charge in [0.2, 0.25) is 0 Å². The lowest BCUT2D eigenvalue weighted by Crippen LogP contribution is -2.34. The predicted molar refractivity (Wildman–Crippen MR) is 102 cm³/mol. The van der Waals surface area contributed by atoms with Crippen molar-refractivity contribution in [2.75, 3.05) is 20.3 Å². The minimum Gasteiger partial charge on any atom is -0.505 e. The summed E-state index contributed by atoms with van der Waals surface area (Å²) in [7, 11) is 2.93. The molecule has 0 saturated carbocycles. The minimum atomic E-state index is -0.953. The van der Waals surface area contributed by atoms with Crippen molar-refractivity contribution < 1.29 is 23.4 Å². The van der Waals surface area contributed by atoms with Gasteiger partial charge in [0.05, 0.1) is 12.1 Å². The van der Waals surface area contributed by atoms with E-state index in [-0.39, 0.29) is 25.1 Å². The Morgan fingerprint density at radius 3 is 2.69 bits per heavy atom. The van der Waals surface area contributed by atoms with Gasteiger partial charge in [0.25, 0.3) is 11.5 Å². The number of halogens is 2. The Balaban J connectivity index is 2.00. The van der Waals surface area contributed by atoms with Gasteiger partial charge in [-0.3, -0.25) is 14.6 Å². The summed E-state index contributed by atoms with van der Waals surface area (Å²) in [5.74, 6) is -3.13. The van der Waals surface area contributed by atoms with Crippen LogP contribution in [0.25, 0.3) is 11.0 Å². The minimum absolute atomic E-state index is 0.0815. The molecule has 1 aromatic carbocycles. The molecule has 3 rings (SSSR count). The molecule has 2 N–H and O–H groups in total. The van der Waals surface area contributed by atoms with E-state index in [1.165, 1.54) is 31.0 Å². The molecule has 9 heteroatoms. The van der Waals surface area contributed by atoms with E-state index in [0.717, 1.165) is 12.1 Å². The number of carbonyl (C=O) groups excluding carboxylic acids is 1. The highest BCUT2D eigenvalue weighted by atomic mass is 19.2. The van der Waals surface area contributed by atoms with Gasteiger partial charge in [-0.25, -0.2) is 8.78 Å². The van der Waals surface area contributed by atoms with Crippen LogP contribution in [0.15, 0.2) is 35.3 Å². The molecule has 0 fully saturated rings. The van der Waals surface area contributed by atoms with Crippen LogP contribution in [0.1, 0.15) is 21.5 Å². The Hall–Kier alpha value is -3.33. The maximum Gasteiger partial charge on any atom is 0.267 e. The second kappa shape index (κ2) is 8.36. The molecule has 0 aliphatic heterocycles. The van der Waals surface area contributed by atoms with Crippen LogP contribution in [0.3, 0.4) is 0 Å². The van der Waals surface area contributed by atoms with Crippen LogP contribution >= 0.6 is 0 Å². The Morgan fingerprint density at radius 2 is 2.00 bits per heavy atom. The van der Waals surface area contributed by atoms with Gasteiger partial charge in [0.1, 0.15) is 11.1 Å². The van der Waals surface area contributed by atoms with E-state index in [2.05, 4.69) is 10.3 Å². The number of rotatable bonds is 6. The van der Waals surface area contributed by atoms with Crippen molar-refractivity contribution in [1.82, 2.24) is 14.9 Å². The normalized spacial score (nSPS) is 11.0. The lowest BCUT2D eigenvalue weighted by atomic mass is 10.0. The second-order valence-electron chi connectivity index (χ2n) is 6.47. The zero-order valence-electron chi connectivity index (χ0n) is 15.8. The molecule has 0 spiro atoms. The number of methoxy groups -OCH3 is 1. The fourth-order valence-corrected chi connectivity index (χ4v) is 2.97. The van der Waals surface area contributed by atoms with E-state index in [4.69, 9.17) is 4.74 Å². The van der Waals surface area contributed by atoms with Gasteiger partial charge in [-0.15, -0.1) is 0 Å². The molecule has 0 aliphatic rings. The van der Waals surface area contributed by atoms with Crippen LogP contribution in [0, 0.1) is 11.6 Å². The summed E-state index contributed by atoms with van der Waals surface area (Å²) >= 11 is 0. The Morgan fingerprint density at radius 1 is 1.24 bits per heavy atom. The van der Waals surface area contributed by atoms with Crippen LogP contribution in [0.4, 0.5) is 8.78 Å². The summed E-state index contributed by atoms with van der Waals surface area (Å²) in [6.45, 7) is 0.433. The van der Waals surface area contributed by atoms with Crippen LogP contribution in [-0.2, 0) is 18.2 Å². The third-order valence-electron chi connectivity index (χ3n) is 4.48. The average Bonchev–Trinajstić information content (AvgIpc) is 2.69. The molecule has 1 amide bonds. The molecule has 0 unspecified atom stereocenters. The van der Waals surface area contributed by atoms with Gasteiger partial charge < -0.3 is 19.7 Å².